The summed E-state index contributed by atoms with van der Waals surface area (Å²) in [5, 5.41) is 11.5. The number of methoxy groups -OCH3 is 2. The van der Waals surface area contributed by atoms with Gasteiger partial charge in [0.05, 0.1) is 48.1 Å². The van der Waals surface area contributed by atoms with Gasteiger partial charge in [-0.3, -0.25) is 24.6 Å². The number of likely N-dealkylation sites (tertiary alicyclic amines) is 1. The third kappa shape index (κ3) is 4.72. The van der Waals surface area contributed by atoms with Crippen LogP contribution in [0.1, 0.15) is 29.9 Å². The lowest BCUT2D eigenvalue weighted by atomic mass is 9.49. The van der Waals surface area contributed by atoms with Crippen LogP contribution in [0.2, 0.25) is 10.0 Å². The normalized spacial score (nSPS) is 27.4. The molecule has 0 unspecified atom stereocenters. The zero-order chi connectivity index (χ0) is 34.9. The number of hydrogen-bond donors (Lipinski definition) is 2. The van der Waals surface area contributed by atoms with E-state index in [1.165, 1.54) is 31.4 Å². The number of aromatic hydroxyl groups is 1. The minimum absolute atomic E-state index is 0.0411. The molecule has 2 aliphatic heterocycles. The molecule has 0 bridgehead atoms. The fraction of sp³-hybridized carbons (Fsp3) is 0.286. The number of halogens is 3. The highest BCUT2D eigenvalue weighted by atomic mass is 35.5. The molecule has 3 fully saturated rings. The number of hydrogen-bond acceptors (Lipinski definition) is 9. The van der Waals surface area contributed by atoms with Crippen LogP contribution in [-0.4, -0.2) is 59.0 Å². The number of nitrogens with one attached hydrogen (secondary N) is 1. The van der Waals surface area contributed by atoms with Crippen LogP contribution in [0.3, 0.4) is 0 Å². The molecule has 5 amide bonds. The monoisotopic (exact) mass is 707 g/mol. The van der Waals surface area contributed by atoms with E-state index in [4.69, 9.17) is 32.7 Å². The number of phenols is 1. The fourth-order valence-corrected chi connectivity index (χ4v) is 8.64. The first-order chi connectivity index (χ1) is 23.4. The molecule has 3 aromatic carbocycles. The highest BCUT2D eigenvalue weighted by Gasteiger charge is 2.70. The molecule has 49 heavy (non-hydrogen) atoms. The van der Waals surface area contributed by atoms with Crippen molar-refractivity contribution in [1.29, 1.82) is 0 Å². The largest absolute Gasteiger partial charge is 0.505 e. The molecule has 11 nitrogen and oxygen atoms in total. The maximum Gasteiger partial charge on any atom is 0.423 e. The van der Waals surface area contributed by atoms with Crippen molar-refractivity contribution in [3.05, 3.63) is 99.3 Å². The van der Waals surface area contributed by atoms with Crippen molar-refractivity contribution in [2.45, 2.75) is 24.2 Å². The van der Waals surface area contributed by atoms with Crippen molar-refractivity contribution in [2.75, 3.05) is 19.6 Å². The molecule has 0 spiro atoms. The minimum atomic E-state index is -1.72. The van der Waals surface area contributed by atoms with E-state index >= 15 is 9.18 Å². The summed E-state index contributed by atoms with van der Waals surface area (Å²) >= 11 is 12.5. The molecular weight excluding hydrogens is 680 g/mol. The van der Waals surface area contributed by atoms with Crippen molar-refractivity contribution >= 4 is 58.6 Å². The number of anilines is 1. The Labute approximate surface area is 289 Å². The average molecular weight is 709 g/mol. The lowest BCUT2D eigenvalue weighted by molar-refractivity contribution is -0.140. The zero-order valence-electron chi connectivity index (χ0n) is 26.0. The van der Waals surface area contributed by atoms with Gasteiger partial charge in [-0.2, -0.15) is 9.91 Å². The Morgan fingerprint density at radius 2 is 1.69 bits per heavy atom. The number of rotatable bonds is 5. The van der Waals surface area contributed by atoms with E-state index < -0.39 is 76.3 Å². The maximum atomic E-state index is 15.2. The summed E-state index contributed by atoms with van der Waals surface area (Å²) in [7, 11) is 2.54. The second-order valence-corrected chi connectivity index (χ2v) is 13.2. The Kier molecular flexibility index (Phi) is 7.91. The summed E-state index contributed by atoms with van der Waals surface area (Å²) in [6, 6.07) is 14.8. The molecule has 2 heterocycles. The second-order valence-electron chi connectivity index (χ2n) is 12.4. The van der Waals surface area contributed by atoms with E-state index in [1.54, 1.807) is 30.3 Å². The maximum absolute atomic E-state index is 15.2. The van der Waals surface area contributed by atoms with Crippen LogP contribution in [0.25, 0.3) is 0 Å². The number of fused-ring (bicyclic) bond motifs is 4. The molecule has 2 N–H and O–H groups in total. The highest BCUT2D eigenvalue weighted by molar-refractivity contribution is 6.36. The van der Waals surface area contributed by atoms with Gasteiger partial charge in [-0.1, -0.05) is 53.1 Å². The van der Waals surface area contributed by atoms with E-state index in [-0.39, 0.29) is 29.1 Å². The van der Waals surface area contributed by atoms with Gasteiger partial charge < -0.3 is 14.6 Å². The van der Waals surface area contributed by atoms with Gasteiger partial charge >= 0.3 is 6.09 Å². The van der Waals surface area contributed by atoms with Crippen LogP contribution in [0, 0.1) is 29.5 Å². The highest BCUT2D eigenvalue weighted by Crippen LogP contribution is 2.64. The quantitative estimate of drug-likeness (QED) is 0.256. The molecule has 6 atom stereocenters. The summed E-state index contributed by atoms with van der Waals surface area (Å²) in [5.41, 5.74) is 2.55. The third-order valence-electron chi connectivity index (χ3n) is 10.2. The molecule has 2 aliphatic carbocycles. The van der Waals surface area contributed by atoms with Gasteiger partial charge in [0.15, 0.2) is 11.6 Å². The summed E-state index contributed by atoms with van der Waals surface area (Å²) in [6.45, 7) is 0. The Hall–Kier alpha value is -4.94. The SMILES string of the molecule is COC(=O)N1C(=O)[C@H]2[C@H](CC=C3[C@H]2C[C@H]2C(=O)N(Nc4ccc(Cl)cc4Cl)C(=O)[C@@]2(c2ccc(OC)cc2)[C@H]3c2ccc(O)c(F)c2)C1=O. The minimum Gasteiger partial charge on any atom is -0.505 e. The van der Waals surface area contributed by atoms with E-state index in [0.29, 0.717) is 26.8 Å². The fourth-order valence-electron chi connectivity index (χ4n) is 8.19. The van der Waals surface area contributed by atoms with Crippen molar-refractivity contribution < 1.29 is 42.9 Å². The van der Waals surface area contributed by atoms with E-state index in [0.717, 1.165) is 24.3 Å². The average Bonchev–Trinajstić information content (AvgIpc) is 3.47. The first-order valence-electron chi connectivity index (χ1n) is 15.3. The van der Waals surface area contributed by atoms with Crippen LogP contribution in [0.15, 0.2) is 72.3 Å². The molecule has 2 saturated heterocycles. The molecule has 3 aromatic rings. The lowest BCUT2D eigenvalue weighted by Gasteiger charge is -2.50. The van der Waals surface area contributed by atoms with Crippen LogP contribution < -0.4 is 10.2 Å². The molecular formula is C35H28Cl2FN3O8. The van der Waals surface area contributed by atoms with Gasteiger partial charge in [-0.15, -0.1) is 0 Å². The third-order valence-corrected chi connectivity index (χ3v) is 10.8. The second kappa shape index (κ2) is 11.9. The zero-order valence-corrected chi connectivity index (χ0v) is 27.5. The summed E-state index contributed by atoms with van der Waals surface area (Å²) in [5.74, 6) is -8.93. The molecule has 14 heteroatoms. The van der Waals surface area contributed by atoms with E-state index in [1.807, 2.05) is 0 Å². The molecule has 252 valence electrons. The Bertz CT molecular complexity index is 1990. The van der Waals surface area contributed by atoms with Gasteiger partial charge in [0.1, 0.15) is 5.75 Å². The Balaban J connectivity index is 1.46. The predicted molar refractivity (Wildman–Crippen MR) is 173 cm³/mol. The molecule has 4 aliphatic rings. The number of ether oxygens (including phenoxy) is 2. The van der Waals surface area contributed by atoms with Crippen molar-refractivity contribution in [3.8, 4) is 11.5 Å². The topological polar surface area (TPSA) is 143 Å². The van der Waals surface area contributed by atoms with Crippen LogP contribution in [0.4, 0.5) is 14.9 Å². The van der Waals surface area contributed by atoms with Crippen molar-refractivity contribution in [2.24, 2.45) is 23.7 Å². The van der Waals surface area contributed by atoms with Gasteiger partial charge in [0, 0.05) is 10.9 Å². The van der Waals surface area contributed by atoms with Crippen LogP contribution >= 0.6 is 23.2 Å². The molecule has 7 rings (SSSR count). The number of benzene rings is 3. The number of phenolic OH excluding ortho intramolecular Hbond substituents is 1. The molecule has 0 aromatic heterocycles. The lowest BCUT2D eigenvalue weighted by Crippen LogP contribution is -2.53. The molecule has 1 saturated carbocycles. The summed E-state index contributed by atoms with van der Waals surface area (Å²) in [6.07, 6.45) is 0.605. The number of allylic oxidation sites excluding steroid dienone is 2. The number of carbonyl (C=O) groups is 5. The summed E-state index contributed by atoms with van der Waals surface area (Å²) in [4.78, 5) is 70.0. The van der Waals surface area contributed by atoms with E-state index in [2.05, 4.69) is 5.43 Å². The van der Waals surface area contributed by atoms with Crippen molar-refractivity contribution in [3.63, 3.8) is 0 Å². The first-order valence-corrected chi connectivity index (χ1v) is 16.1. The number of imide groups is 4. The van der Waals surface area contributed by atoms with Crippen molar-refractivity contribution in [1.82, 2.24) is 9.91 Å². The first kappa shape index (κ1) is 32.6. The van der Waals surface area contributed by atoms with E-state index in [9.17, 15) is 24.3 Å². The number of hydrazine groups is 1. The van der Waals surface area contributed by atoms with Gasteiger partial charge in [-0.05, 0) is 72.4 Å². The Morgan fingerprint density at radius 1 is 0.959 bits per heavy atom. The smallest absolute Gasteiger partial charge is 0.423 e. The predicted octanol–water partition coefficient (Wildman–Crippen LogP) is 5.60. The van der Waals surface area contributed by atoms with Gasteiger partial charge in [0.25, 0.3) is 11.8 Å². The van der Waals surface area contributed by atoms with Crippen LogP contribution in [-0.2, 0) is 29.3 Å². The number of carbonyl (C=O) groups excluding carboxylic acids is 5. The number of nitrogens with zero attached hydrogens (tertiary/aromatic N) is 2. The van der Waals surface area contributed by atoms with Gasteiger partial charge in [-0.25, -0.2) is 9.18 Å². The summed E-state index contributed by atoms with van der Waals surface area (Å²) < 4.78 is 25.3. The van der Waals surface area contributed by atoms with Crippen LogP contribution in [0.5, 0.6) is 11.5 Å². The molecule has 0 radical (unpaired) electrons. The number of amides is 5. The van der Waals surface area contributed by atoms with Gasteiger partial charge in [0.2, 0.25) is 11.8 Å². The Morgan fingerprint density at radius 3 is 2.35 bits per heavy atom. The standard InChI is InChI=1S/C35H28Cl2FN3O8/c1-48-19-7-4-17(5-8-19)35-23(31(44)41(33(35)46)39-26-11-6-18(36)14-24(26)37)15-22-20(29(35)16-3-12-27(42)25(38)13-16)9-10-21-28(22)32(45)40(30(21)43)34(47)49-2/h3-9,11-14,21-23,28-29,39,42H,10,15H2,1-2H3/t21-,22+,23-,28-,29-,35+/m0/s1.